The van der Waals surface area contributed by atoms with E-state index in [-0.39, 0.29) is 12.3 Å². The van der Waals surface area contributed by atoms with Crippen molar-refractivity contribution in [2.75, 3.05) is 6.16 Å². The second kappa shape index (κ2) is 9.18. The van der Waals surface area contributed by atoms with Crippen molar-refractivity contribution >= 4 is 7.68 Å². The minimum Gasteiger partial charge on any atom is -0.302 e. The first kappa shape index (κ1) is 16.1. The van der Waals surface area contributed by atoms with Gasteiger partial charge in [0.15, 0.2) is 0 Å². The predicted octanol–water partition coefficient (Wildman–Crippen LogP) is 5.32. The van der Waals surface area contributed by atoms with Crippen LogP contribution in [0.3, 0.4) is 0 Å². The molecule has 0 amide bonds. The van der Waals surface area contributed by atoms with E-state index in [1.54, 1.807) is 6.92 Å². The zero-order valence-corrected chi connectivity index (χ0v) is 11.8. The molecule has 0 fully saturated rings. The number of halogens is 1. The van der Waals surface area contributed by atoms with Gasteiger partial charge in [0.05, 0.1) is 12.3 Å². The third-order valence-electron chi connectivity index (χ3n) is 2.67. The summed E-state index contributed by atoms with van der Waals surface area (Å²) in [6.07, 6.45) is 7.02. The summed E-state index contributed by atoms with van der Waals surface area (Å²) >= 11 is 0. The average molecular weight is 252 g/mol. The topological polar surface area (TPSA) is 26.3 Å². The number of rotatable bonds is 10. The normalized spacial score (nSPS) is 17.0. The Kier molecular flexibility index (Phi) is 9.25. The lowest BCUT2D eigenvalue weighted by Gasteiger charge is -2.18. The number of hydrogen-bond donors (Lipinski definition) is 0. The molecule has 0 saturated heterocycles. The van der Waals surface area contributed by atoms with Gasteiger partial charge in [0, 0.05) is 0 Å². The summed E-state index contributed by atoms with van der Waals surface area (Å²) in [6.45, 7) is 5.77. The van der Waals surface area contributed by atoms with Gasteiger partial charge in [0.1, 0.15) is 0 Å². The van der Waals surface area contributed by atoms with Gasteiger partial charge < -0.3 is 4.52 Å². The van der Waals surface area contributed by atoms with Crippen LogP contribution >= 0.6 is 7.68 Å². The molecule has 2 unspecified atom stereocenters. The van der Waals surface area contributed by atoms with Gasteiger partial charge in [-0.25, -0.2) is 0 Å². The average Bonchev–Trinajstić information content (AvgIpc) is 2.24. The van der Waals surface area contributed by atoms with Crippen LogP contribution in [-0.4, -0.2) is 12.3 Å². The van der Waals surface area contributed by atoms with Crippen LogP contribution in [0.4, 0.5) is 4.20 Å². The third kappa shape index (κ3) is 8.29. The Bertz CT molecular complexity index is 209. The maximum absolute atomic E-state index is 13.3. The molecule has 98 valence electrons. The molecule has 0 aliphatic carbocycles. The predicted molar refractivity (Wildman–Crippen MR) is 67.8 cm³/mol. The lowest BCUT2D eigenvalue weighted by Crippen LogP contribution is -2.10. The largest absolute Gasteiger partial charge is 0.367 e. The maximum Gasteiger partial charge on any atom is 0.367 e. The molecule has 0 N–H and O–H groups in total. The molecule has 0 spiro atoms. The molecule has 0 rings (SSSR count). The molecule has 0 radical (unpaired) electrons. The van der Waals surface area contributed by atoms with Crippen LogP contribution in [0.5, 0.6) is 0 Å². The standard InChI is InChI=1S/C12H26FO2P/c1-4-7-8-9-11-12(10-5-2)15-16(13,14)6-3/h12H,4-11H2,1-3H3. The molecule has 2 nitrogen and oxygen atoms in total. The number of unbranched alkanes of at least 4 members (excludes halogenated alkanes) is 3. The van der Waals surface area contributed by atoms with E-state index in [0.29, 0.717) is 0 Å². The number of hydrogen-bond acceptors (Lipinski definition) is 2. The van der Waals surface area contributed by atoms with E-state index < -0.39 is 7.68 Å². The van der Waals surface area contributed by atoms with E-state index in [0.717, 1.165) is 32.1 Å². The Hall–Kier alpha value is 0.120. The molecule has 0 aromatic heterocycles. The highest BCUT2D eigenvalue weighted by Crippen LogP contribution is 2.50. The molecule has 0 heterocycles. The highest BCUT2D eigenvalue weighted by molar-refractivity contribution is 7.53. The first-order chi connectivity index (χ1) is 7.55. The maximum atomic E-state index is 13.3. The SMILES string of the molecule is CCCCCCC(CCC)OP(=O)(F)CC. The van der Waals surface area contributed by atoms with E-state index in [1.165, 1.54) is 12.8 Å². The lowest BCUT2D eigenvalue weighted by atomic mass is 10.1. The van der Waals surface area contributed by atoms with E-state index >= 15 is 0 Å². The molecular weight excluding hydrogens is 226 g/mol. The van der Waals surface area contributed by atoms with Gasteiger partial charge in [-0.2, -0.15) is 4.20 Å². The van der Waals surface area contributed by atoms with Crippen LogP contribution in [0.15, 0.2) is 0 Å². The van der Waals surface area contributed by atoms with Crippen LogP contribution in [-0.2, 0) is 9.09 Å². The van der Waals surface area contributed by atoms with Crippen LogP contribution in [0.2, 0.25) is 0 Å². The van der Waals surface area contributed by atoms with E-state index in [9.17, 15) is 8.76 Å². The Labute approximate surface area is 99.5 Å². The summed E-state index contributed by atoms with van der Waals surface area (Å²) in [6, 6.07) is 0. The summed E-state index contributed by atoms with van der Waals surface area (Å²) in [5.41, 5.74) is 0. The van der Waals surface area contributed by atoms with Gasteiger partial charge in [0.2, 0.25) is 0 Å². The first-order valence-electron chi connectivity index (χ1n) is 6.52. The fourth-order valence-corrected chi connectivity index (χ4v) is 2.47. The second-order valence-electron chi connectivity index (χ2n) is 4.27. The van der Waals surface area contributed by atoms with E-state index in [2.05, 4.69) is 6.92 Å². The molecule has 4 heteroatoms. The molecule has 0 bridgehead atoms. The van der Waals surface area contributed by atoms with Crippen molar-refractivity contribution in [2.24, 2.45) is 0 Å². The van der Waals surface area contributed by atoms with Crippen molar-refractivity contribution in [2.45, 2.75) is 71.8 Å². The van der Waals surface area contributed by atoms with E-state index in [4.69, 9.17) is 4.52 Å². The van der Waals surface area contributed by atoms with Gasteiger partial charge in [-0.15, -0.1) is 0 Å². The zero-order valence-electron chi connectivity index (χ0n) is 10.9. The second-order valence-corrected chi connectivity index (χ2v) is 6.30. The monoisotopic (exact) mass is 252 g/mol. The summed E-state index contributed by atoms with van der Waals surface area (Å²) in [5.74, 6) is 0. The van der Waals surface area contributed by atoms with Gasteiger partial charge in [-0.1, -0.05) is 52.9 Å². The quantitative estimate of drug-likeness (QED) is 0.388. The van der Waals surface area contributed by atoms with E-state index in [1.807, 2.05) is 6.92 Å². The van der Waals surface area contributed by atoms with Gasteiger partial charge >= 0.3 is 7.68 Å². The van der Waals surface area contributed by atoms with Crippen molar-refractivity contribution in [1.29, 1.82) is 0 Å². The van der Waals surface area contributed by atoms with Crippen molar-refractivity contribution in [3.63, 3.8) is 0 Å². The Morgan fingerprint density at radius 3 is 2.25 bits per heavy atom. The molecule has 0 aliphatic heterocycles. The minimum absolute atomic E-state index is 0.0117. The lowest BCUT2D eigenvalue weighted by molar-refractivity contribution is 0.165. The van der Waals surface area contributed by atoms with Gasteiger partial charge in [-0.05, 0) is 12.8 Å². The van der Waals surface area contributed by atoms with Crippen molar-refractivity contribution in [3.8, 4) is 0 Å². The molecule has 0 saturated carbocycles. The van der Waals surface area contributed by atoms with Crippen LogP contribution < -0.4 is 0 Å². The van der Waals surface area contributed by atoms with Gasteiger partial charge in [-0.3, -0.25) is 4.57 Å². The summed E-state index contributed by atoms with van der Waals surface area (Å²) < 4.78 is 29.7. The fraction of sp³-hybridized carbons (Fsp3) is 1.00. The summed E-state index contributed by atoms with van der Waals surface area (Å²) in [5, 5.41) is 0. The minimum atomic E-state index is -3.81. The van der Waals surface area contributed by atoms with Crippen molar-refractivity contribution < 1.29 is 13.3 Å². The van der Waals surface area contributed by atoms with Crippen LogP contribution in [0.25, 0.3) is 0 Å². The van der Waals surface area contributed by atoms with Crippen molar-refractivity contribution in [1.82, 2.24) is 0 Å². The smallest absolute Gasteiger partial charge is 0.302 e. The zero-order chi connectivity index (χ0) is 12.4. The Morgan fingerprint density at radius 1 is 1.06 bits per heavy atom. The highest BCUT2D eigenvalue weighted by atomic mass is 31.2. The fourth-order valence-electron chi connectivity index (χ4n) is 1.67. The van der Waals surface area contributed by atoms with Crippen molar-refractivity contribution in [3.05, 3.63) is 0 Å². The summed E-state index contributed by atoms with van der Waals surface area (Å²) in [4.78, 5) is 0. The first-order valence-corrected chi connectivity index (χ1v) is 8.22. The molecular formula is C12H26FO2P. The van der Waals surface area contributed by atoms with Crippen LogP contribution in [0, 0.1) is 0 Å². The molecule has 0 aliphatic rings. The Balaban J connectivity index is 3.92. The summed E-state index contributed by atoms with van der Waals surface area (Å²) in [7, 11) is -3.81. The highest BCUT2D eigenvalue weighted by Gasteiger charge is 2.23. The van der Waals surface area contributed by atoms with Crippen LogP contribution in [0.1, 0.15) is 65.7 Å². The molecule has 2 atom stereocenters. The molecule has 0 aromatic carbocycles. The third-order valence-corrected chi connectivity index (χ3v) is 4.04. The molecule has 16 heavy (non-hydrogen) atoms. The molecule has 0 aromatic rings. The Morgan fingerprint density at radius 2 is 1.75 bits per heavy atom. The van der Waals surface area contributed by atoms with Gasteiger partial charge in [0.25, 0.3) is 0 Å².